The molecule has 2 nitrogen and oxygen atoms in total. The SMILES string of the molecule is O=C(c1cc(Br)ccc1I)N1CCCCC1CCl. The Balaban J connectivity index is 2.26. The predicted molar refractivity (Wildman–Crippen MR) is 86.3 cm³/mol. The van der Waals surface area contributed by atoms with Gasteiger partial charge in [-0.1, -0.05) is 15.9 Å². The monoisotopic (exact) mass is 441 g/mol. The number of benzene rings is 1. The standard InChI is InChI=1S/C13H14BrClINO/c14-9-4-5-12(16)11(7-9)13(18)17-6-2-1-3-10(17)8-15/h4-5,7,10H,1-3,6,8H2. The van der Waals surface area contributed by atoms with E-state index in [0.29, 0.717) is 5.88 Å². The fourth-order valence-corrected chi connectivity index (χ4v) is 3.49. The number of nitrogens with zero attached hydrogens (tertiary/aromatic N) is 1. The molecular formula is C13H14BrClINO. The van der Waals surface area contributed by atoms with Crippen LogP contribution < -0.4 is 0 Å². The Morgan fingerprint density at radius 1 is 1.50 bits per heavy atom. The lowest BCUT2D eigenvalue weighted by Crippen LogP contribution is -2.45. The van der Waals surface area contributed by atoms with E-state index in [-0.39, 0.29) is 11.9 Å². The largest absolute Gasteiger partial charge is 0.334 e. The van der Waals surface area contributed by atoms with Crippen molar-refractivity contribution in [3.05, 3.63) is 31.8 Å². The molecule has 0 spiro atoms. The number of carbonyl (C=O) groups is 1. The van der Waals surface area contributed by atoms with Crippen LogP contribution in [0.1, 0.15) is 29.6 Å². The molecular weight excluding hydrogens is 428 g/mol. The van der Waals surface area contributed by atoms with Gasteiger partial charge in [0.15, 0.2) is 0 Å². The first kappa shape index (κ1) is 14.6. The molecule has 1 aliphatic heterocycles. The Bertz CT molecular complexity index is 455. The summed E-state index contributed by atoms with van der Waals surface area (Å²) in [6.45, 7) is 0.818. The van der Waals surface area contributed by atoms with Crippen molar-refractivity contribution >= 4 is 56.0 Å². The summed E-state index contributed by atoms with van der Waals surface area (Å²) in [6, 6.07) is 5.98. The number of amides is 1. The van der Waals surface area contributed by atoms with E-state index in [1.165, 1.54) is 0 Å². The normalized spacial score (nSPS) is 19.9. The first-order valence-corrected chi connectivity index (χ1v) is 8.36. The van der Waals surface area contributed by atoms with Gasteiger partial charge in [0, 0.05) is 26.5 Å². The molecule has 1 heterocycles. The van der Waals surface area contributed by atoms with Crippen LogP contribution in [0.15, 0.2) is 22.7 Å². The molecule has 1 aromatic rings. The lowest BCUT2D eigenvalue weighted by molar-refractivity contribution is 0.0638. The second-order valence-electron chi connectivity index (χ2n) is 4.43. The molecule has 18 heavy (non-hydrogen) atoms. The van der Waals surface area contributed by atoms with Crippen molar-refractivity contribution in [1.29, 1.82) is 0 Å². The molecule has 1 saturated heterocycles. The molecule has 1 unspecified atom stereocenters. The van der Waals surface area contributed by atoms with E-state index in [0.717, 1.165) is 39.4 Å². The van der Waals surface area contributed by atoms with E-state index >= 15 is 0 Å². The quantitative estimate of drug-likeness (QED) is 0.494. The molecule has 2 rings (SSSR count). The average molecular weight is 443 g/mol. The molecule has 0 N–H and O–H groups in total. The van der Waals surface area contributed by atoms with Crippen LogP contribution in [0.5, 0.6) is 0 Å². The summed E-state index contributed by atoms with van der Waals surface area (Å²) < 4.78 is 1.92. The van der Waals surface area contributed by atoms with Crippen LogP contribution >= 0.6 is 50.1 Å². The molecule has 98 valence electrons. The van der Waals surface area contributed by atoms with E-state index in [1.54, 1.807) is 0 Å². The van der Waals surface area contributed by atoms with Crippen molar-refractivity contribution in [1.82, 2.24) is 4.90 Å². The zero-order valence-electron chi connectivity index (χ0n) is 9.83. The minimum atomic E-state index is 0.103. The van der Waals surface area contributed by atoms with Crippen LogP contribution in [-0.4, -0.2) is 29.3 Å². The zero-order valence-corrected chi connectivity index (χ0v) is 14.3. The second kappa shape index (κ2) is 6.57. The molecule has 1 atom stereocenters. The highest BCUT2D eigenvalue weighted by atomic mass is 127. The fraction of sp³-hybridized carbons (Fsp3) is 0.462. The molecule has 5 heteroatoms. The van der Waals surface area contributed by atoms with Crippen molar-refractivity contribution in [2.24, 2.45) is 0 Å². The molecule has 0 saturated carbocycles. The number of carbonyl (C=O) groups excluding carboxylic acids is 1. The first-order chi connectivity index (χ1) is 8.63. The maximum absolute atomic E-state index is 12.6. The lowest BCUT2D eigenvalue weighted by Gasteiger charge is -2.34. The summed E-state index contributed by atoms with van der Waals surface area (Å²) in [5, 5.41) is 0. The minimum Gasteiger partial charge on any atom is -0.334 e. The topological polar surface area (TPSA) is 20.3 Å². The third-order valence-corrected chi connectivity index (χ3v) is 5.02. The van der Waals surface area contributed by atoms with Gasteiger partial charge in [-0.15, -0.1) is 11.6 Å². The third kappa shape index (κ3) is 3.20. The Kier molecular flexibility index (Phi) is 5.33. The van der Waals surface area contributed by atoms with Gasteiger partial charge in [-0.05, 0) is 60.1 Å². The zero-order chi connectivity index (χ0) is 13.1. The number of hydrogen-bond acceptors (Lipinski definition) is 1. The number of halogens is 3. The van der Waals surface area contributed by atoms with Gasteiger partial charge in [0.1, 0.15) is 0 Å². The molecule has 0 radical (unpaired) electrons. The van der Waals surface area contributed by atoms with E-state index in [2.05, 4.69) is 38.5 Å². The van der Waals surface area contributed by atoms with Crippen molar-refractivity contribution < 1.29 is 4.79 Å². The summed E-state index contributed by atoms with van der Waals surface area (Å²) >= 11 is 11.6. The second-order valence-corrected chi connectivity index (χ2v) is 6.81. The Hall–Kier alpha value is 0.190. The number of likely N-dealkylation sites (tertiary alicyclic amines) is 1. The van der Waals surface area contributed by atoms with Gasteiger partial charge < -0.3 is 4.90 Å². The number of piperidine rings is 1. The first-order valence-electron chi connectivity index (χ1n) is 5.95. The van der Waals surface area contributed by atoms with Crippen molar-refractivity contribution in [3.8, 4) is 0 Å². The number of hydrogen-bond donors (Lipinski definition) is 0. The molecule has 1 amide bonds. The summed E-state index contributed by atoms with van der Waals surface area (Å²) in [5.74, 6) is 0.627. The van der Waals surface area contributed by atoms with Crippen LogP contribution in [0.2, 0.25) is 0 Å². The Morgan fingerprint density at radius 3 is 3.00 bits per heavy atom. The maximum atomic E-state index is 12.6. The summed E-state index contributed by atoms with van der Waals surface area (Å²) in [4.78, 5) is 14.5. The van der Waals surface area contributed by atoms with Crippen molar-refractivity contribution in [2.75, 3.05) is 12.4 Å². The highest BCUT2D eigenvalue weighted by Gasteiger charge is 2.27. The van der Waals surface area contributed by atoms with Crippen LogP contribution in [0.25, 0.3) is 0 Å². The molecule has 1 aliphatic rings. The van der Waals surface area contributed by atoms with Crippen molar-refractivity contribution in [2.45, 2.75) is 25.3 Å². The molecule has 1 fully saturated rings. The summed E-state index contributed by atoms with van der Waals surface area (Å²) in [6.07, 6.45) is 3.25. The van der Waals surface area contributed by atoms with E-state index in [1.807, 2.05) is 23.1 Å². The summed E-state index contributed by atoms with van der Waals surface area (Å²) in [7, 11) is 0. The summed E-state index contributed by atoms with van der Waals surface area (Å²) in [5.41, 5.74) is 0.766. The third-order valence-electron chi connectivity index (χ3n) is 3.22. The van der Waals surface area contributed by atoms with Gasteiger partial charge in [0.05, 0.1) is 5.56 Å². The van der Waals surface area contributed by atoms with E-state index < -0.39 is 0 Å². The van der Waals surface area contributed by atoms with Crippen LogP contribution in [-0.2, 0) is 0 Å². The molecule has 1 aromatic carbocycles. The van der Waals surface area contributed by atoms with Gasteiger partial charge in [-0.2, -0.15) is 0 Å². The van der Waals surface area contributed by atoms with Gasteiger partial charge in [-0.25, -0.2) is 0 Å². The van der Waals surface area contributed by atoms with E-state index in [9.17, 15) is 4.79 Å². The van der Waals surface area contributed by atoms with Crippen LogP contribution in [0.4, 0.5) is 0 Å². The highest BCUT2D eigenvalue weighted by Crippen LogP contribution is 2.24. The Labute approximate surface area is 134 Å². The number of alkyl halides is 1. The van der Waals surface area contributed by atoms with Gasteiger partial charge in [0.25, 0.3) is 5.91 Å². The van der Waals surface area contributed by atoms with Crippen LogP contribution in [0.3, 0.4) is 0 Å². The maximum Gasteiger partial charge on any atom is 0.255 e. The minimum absolute atomic E-state index is 0.103. The average Bonchev–Trinajstić information content (AvgIpc) is 2.40. The smallest absolute Gasteiger partial charge is 0.255 e. The lowest BCUT2D eigenvalue weighted by atomic mass is 10.0. The van der Waals surface area contributed by atoms with Crippen LogP contribution in [0, 0.1) is 3.57 Å². The van der Waals surface area contributed by atoms with Crippen molar-refractivity contribution in [3.63, 3.8) is 0 Å². The van der Waals surface area contributed by atoms with E-state index in [4.69, 9.17) is 11.6 Å². The molecule has 0 aromatic heterocycles. The predicted octanol–water partition coefficient (Wildman–Crippen LogP) is 4.29. The van der Waals surface area contributed by atoms with Gasteiger partial charge in [0.2, 0.25) is 0 Å². The van der Waals surface area contributed by atoms with Gasteiger partial charge >= 0.3 is 0 Å². The molecule has 0 bridgehead atoms. The molecule has 0 aliphatic carbocycles. The highest BCUT2D eigenvalue weighted by molar-refractivity contribution is 14.1. The Morgan fingerprint density at radius 2 is 2.28 bits per heavy atom. The van der Waals surface area contributed by atoms with Gasteiger partial charge in [-0.3, -0.25) is 4.79 Å². The number of rotatable bonds is 2. The fourth-order valence-electron chi connectivity index (χ4n) is 2.24.